The molecule has 1 nitrogen and oxygen atoms in total. The Morgan fingerprint density at radius 1 is 1.33 bits per heavy atom. The second-order valence-corrected chi connectivity index (χ2v) is 2.78. The van der Waals surface area contributed by atoms with Gasteiger partial charge in [0, 0.05) is 12.7 Å². The molecule has 0 aliphatic rings. The van der Waals surface area contributed by atoms with Crippen LogP contribution in [-0.2, 0) is 6.42 Å². The van der Waals surface area contributed by atoms with E-state index in [1.807, 2.05) is 7.05 Å². The van der Waals surface area contributed by atoms with Gasteiger partial charge >= 0.3 is 0 Å². The highest BCUT2D eigenvalue weighted by molar-refractivity contribution is 5.61. The van der Waals surface area contributed by atoms with E-state index >= 15 is 0 Å². The molecule has 0 heterocycles. The molecule has 64 valence electrons. The fraction of sp³-hybridized carbons (Fsp3) is 0.273. The first-order valence-corrected chi connectivity index (χ1v) is 4.24. The van der Waals surface area contributed by atoms with Gasteiger partial charge in [-0.1, -0.05) is 37.8 Å². The predicted octanol–water partition coefficient (Wildman–Crippen LogP) is 2.44. The molecule has 1 N–H and O–H groups in total. The lowest BCUT2D eigenvalue weighted by molar-refractivity contribution is 1.12. The van der Waals surface area contributed by atoms with E-state index in [2.05, 4.69) is 43.1 Å². The minimum Gasteiger partial charge on any atom is -0.388 e. The Morgan fingerprint density at radius 3 is 2.33 bits per heavy atom. The molecule has 0 fully saturated rings. The molecule has 0 aromatic heterocycles. The molecule has 0 aliphatic carbocycles. The van der Waals surface area contributed by atoms with Gasteiger partial charge in [-0.3, -0.25) is 0 Å². The van der Waals surface area contributed by atoms with Gasteiger partial charge in [0.2, 0.25) is 0 Å². The highest BCUT2D eigenvalue weighted by Crippen LogP contribution is 2.10. The van der Waals surface area contributed by atoms with Crippen LogP contribution >= 0.6 is 0 Å². The molecule has 0 saturated carbocycles. The number of rotatable bonds is 3. The molecule has 0 atom stereocenters. The lowest BCUT2D eigenvalue weighted by atomic mass is 10.1. The van der Waals surface area contributed by atoms with E-state index in [0.29, 0.717) is 0 Å². The van der Waals surface area contributed by atoms with Crippen LogP contribution in [0.2, 0.25) is 0 Å². The van der Waals surface area contributed by atoms with Crippen molar-refractivity contribution in [2.75, 3.05) is 7.05 Å². The number of nitrogens with one attached hydrogen (secondary N) is 1. The second-order valence-electron chi connectivity index (χ2n) is 2.78. The van der Waals surface area contributed by atoms with Gasteiger partial charge < -0.3 is 5.32 Å². The summed E-state index contributed by atoms with van der Waals surface area (Å²) in [4.78, 5) is 0. The average molecular weight is 161 g/mol. The van der Waals surface area contributed by atoms with Crippen LogP contribution in [0.5, 0.6) is 0 Å². The third kappa shape index (κ3) is 1.88. The molecule has 0 bridgehead atoms. The Hall–Kier alpha value is -1.24. The molecule has 0 spiro atoms. The van der Waals surface area contributed by atoms with Crippen LogP contribution in [0.1, 0.15) is 18.1 Å². The third-order valence-corrected chi connectivity index (χ3v) is 2.01. The van der Waals surface area contributed by atoms with Gasteiger partial charge in [-0.15, -0.1) is 0 Å². The summed E-state index contributed by atoms with van der Waals surface area (Å²) in [5.41, 5.74) is 3.50. The Bertz CT molecular complexity index is 259. The van der Waals surface area contributed by atoms with Crippen molar-refractivity contribution in [3.05, 3.63) is 42.0 Å². The first kappa shape index (κ1) is 8.85. The topological polar surface area (TPSA) is 12.0 Å². The van der Waals surface area contributed by atoms with Crippen LogP contribution in [0.15, 0.2) is 30.8 Å². The van der Waals surface area contributed by atoms with Gasteiger partial charge in [-0.25, -0.2) is 0 Å². The monoisotopic (exact) mass is 161 g/mol. The van der Waals surface area contributed by atoms with Crippen molar-refractivity contribution in [2.45, 2.75) is 13.3 Å². The van der Waals surface area contributed by atoms with E-state index in [-0.39, 0.29) is 0 Å². The Kier molecular flexibility index (Phi) is 2.92. The molecule has 1 aromatic carbocycles. The van der Waals surface area contributed by atoms with Crippen LogP contribution in [0.4, 0.5) is 0 Å². The predicted molar refractivity (Wildman–Crippen MR) is 53.9 cm³/mol. The van der Waals surface area contributed by atoms with Crippen molar-refractivity contribution >= 4 is 5.70 Å². The Labute approximate surface area is 74.1 Å². The minimum atomic E-state index is 0.970. The summed E-state index contributed by atoms with van der Waals surface area (Å²) >= 11 is 0. The lowest BCUT2D eigenvalue weighted by Crippen LogP contribution is -2.02. The van der Waals surface area contributed by atoms with E-state index < -0.39 is 0 Å². The highest BCUT2D eigenvalue weighted by atomic mass is 14.8. The maximum atomic E-state index is 3.89. The molecular weight excluding hydrogens is 146 g/mol. The van der Waals surface area contributed by atoms with Gasteiger partial charge in [0.05, 0.1) is 0 Å². The summed E-state index contributed by atoms with van der Waals surface area (Å²) in [6, 6.07) is 8.46. The number of hydrogen-bond acceptors (Lipinski definition) is 1. The van der Waals surface area contributed by atoms with Crippen molar-refractivity contribution in [1.82, 2.24) is 5.32 Å². The molecule has 1 aromatic rings. The zero-order valence-electron chi connectivity index (χ0n) is 7.72. The zero-order valence-corrected chi connectivity index (χ0v) is 7.72. The molecule has 0 unspecified atom stereocenters. The third-order valence-electron chi connectivity index (χ3n) is 2.01. The molecule has 0 amide bonds. The molecule has 1 heteroatoms. The fourth-order valence-electron chi connectivity index (χ4n) is 1.09. The fourth-order valence-corrected chi connectivity index (χ4v) is 1.09. The summed E-state index contributed by atoms with van der Waals surface area (Å²) in [5.74, 6) is 0. The smallest absolute Gasteiger partial charge is 0.0338 e. The summed E-state index contributed by atoms with van der Waals surface area (Å²) in [6.07, 6.45) is 1.09. The van der Waals surface area contributed by atoms with Crippen LogP contribution < -0.4 is 5.32 Å². The van der Waals surface area contributed by atoms with Gasteiger partial charge in [0.25, 0.3) is 0 Å². The highest BCUT2D eigenvalue weighted by Gasteiger charge is 1.94. The van der Waals surface area contributed by atoms with Gasteiger partial charge in [0.1, 0.15) is 0 Å². The molecular formula is C11H15N. The lowest BCUT2D eigenvalue weighted by Gasteiger charge is -2.04. The standard InChI is InChI=1S/C11H15N/c1-4-10-5-7-11(8-6-10)9(2)12-3/h5-8,12H,2,4H2,1,3H3. The van der Waals surface area contributed by atoms with Crippen LogP contribution in [0.3, 0.4) is 0 Å². The second kappa shape index (κ2) is 3.96. The molecule has 0 saturated heterocycles. The molecule has 0 radical (unpaired) electrons. The normalized spacial score (nSPS) is 9.50. The molecule has 12 heavy (non-hydrogen) atoms. The van der Waals surface area contributed by atoms with E-state index in [0.717, 1.165) is 17.7 Å². The largest absolute Gasteiger partial charge is 0.388 e. The number of aryl methyl sites for hydroxylation is 1. The quantitative estimate of drug-likeness (QED) is 0.718. The first-order chi connectivity index (χ1) is 5.77. The zero-order chi connectivity index (χ0) is 8.97. The maximum Gasteiger partial charge on any atom is 0.0338 e. The van der Waals surface area contributed by atoms with E-state index in [1.165, 1.54) is 5.56 Å². The van der Waals surface area contributed by atoms with Crippen molar-refractivity contribution < 1.29 is 0 Å². The Morgan fingerprint density at radius 2 is 1.92 bits per heavy atom. The van der Waals surface area contributed by atoms with E-state index in [4.69, 9.17) is 0 Å². The van der Waals surface area contributed by atoms with Crippen molar-refractivity contribution in [3.8, 4) is 0 Å². The molecule has 0 aliphatic heterocycles. The molecule has 1 rings (SSSR count). The van der Waals surface area contributed by atoms with Gasteiger partial charge in [-0.2, -0.15) is 0 Å². The van der Waals surface area contributed by atoms with E-state index in [9.17, 15) is 0 Å². The van der Waals surface area contributed by atoms with Crippen molar-refractivity contribution in [1.29, 1.82) is 0 Å². The average Bonchev–Trinajstić information content (AvgIpc) is 2.17. The Balaban J connectivity index is 2.84. The van der Waals surface area contributed by atoms with Crippen LogP contribution in [0, 0.1) is 0 Å². The van der Waals surface area contributed by atoms with Crippen molar-refractivity contribution in [2.24, 2.45) is 0 Å². The van der Waals surface area contributed by atoms with Crippen LogP contribution in [-0.4, -0.2) is 7.05 Å². The van der Waals surface area contributed by atoms with Gasteiger partial charge in [-0.05, 0) is 17.5 Å². The van der Waals surface area contributed by atoms with Crippen molar-refractivity contribution in [3.63, 3.8) is 0 Å². The van der Waals surface area contributed by atoms with Gasteiger partial charge in [0.15, 0.2) is 0 Å². The summed E-state index contributed by atoms with van der Waals surface area (Å²) < 4.78 is 0. The first-order valence-electron chi connectivity index (χ1n) is 4.24. The summed E-state index contributed by atoms with van der Waals surface area (Å²) in [7, 11) is 1.88. The number of benzene rings is 1. The maximum absolute atomic E-state index is 3.89. The van der Waals surface area contributed by atoms with Crippen LogP contribution in [0.25, 0.3) is 5.70 Å². The van der Waals surface area contributed by atoms with E-state index in [1.54, 1.807) is 0 Å². The minimum absolute atomic E-state index is 0.970. The SMILES string of the molecule is C=C(NC)c1ccc(CC)cc1. The number of hydrogen-bond donors (Lipinski definition) is 1. The summed E-state index contributed by atoms with van der Waals surface area (Å²) in [5, 5.41) is 3.02. The summed E-state index contributed by atoms with van der Waals surface area (Å²) in [6.45, 7) is 6.04.